The van der Waals surface area contributed by atoms with E-state index in [-0.39, 0.29) is 45.7 Å². The molecular weight excluding hydrogens is 837 g/mol. The monoisotopic (exact) mass is 885 g/mol. The first kappa shape index (κ1) is 48.9. The molecule has 1 amide bonds. The van der Waals surface area contributed by atoms with Crippen LogP contribution in [-0.4, -0.2) is 79.7 Å². The Morgan fingerprint density at radius 1 is 0.897 bits per heavy atom. The minimum absolute atomic E-state index is 0. The van der Waals surface area contributed by atoms with Gasteiger partial charge >= 0.3 is 0 Å². The van der Waals surface area contributed by atoms with Crippen LogP contribution >= 0.6 is 12.0 Å². The van der Waals surface area contributed by atoms with E-state index in [0.29, 0.717) is 47.5 Å². The molecule has 2 aliphatic heterocycles. The van der Waals surface area contributed by atoms with Crippen molar-refractivity contribution in [2.45, 2.75) is 93.8 Å². The molecule has 0 spiro atoms. The lowest BCUT2D eigenvalue weighted by molar-refractivity contribution is -0.777. The predicted octanol–water partition coefficient (Wildman–Crippen LogP) is 3.42. The van der Waals surface area contributed by atoms with Gasteiger partial charge in [0.15, 0.2) is 5.71 Å². The van der Waals surface area contributed by atoms with Crippen LogP contribution in [0.3, 0.4) is 0 Å². The first-order chi connectivity index (χ1) is 26.6. The highest BCUT2D eigenvalue weighted by Crippen LogP contribution is 2.52. The van der Waals surface area contributed by atoms with E-state index < -0.39 is 57.6 Å². The largest absolute Gasteiger partial charge is 0.748 e. The van der Waals surface area contributed by atoms with Crippen molar-refractivity contribution in [3.8, 4) is 0 Å². The Morgan fingerprint density at radius 2 is 1.59 bits per heavy atom. The third-order valence-electron chi connectivity index (χ3n) is 10.0. The molecule has 0 aromatic heterocycles. The number of fused-ring (bicyclic) bond motifs is 2. The molecule has 2 aromatic rings. The second-order valence-corrected chi connectivity index (χ2v) is 19.5. The molecule has 2 heterocycles. The van der Waals surface area contributed by atoms with Crippen molar-refractivity contribution in [1.82, 2.24) is 5.43 Å². The quantitative estimate of drug-likeness (QED) is 0.0209. The SMILES string of the molecule is C.CC1(C)C(C=CC=CC=C2N(CCCS(=O)(=O)[O-])c3ccc(SOO[O-])cc3C2(C)CCCCCC(=O)NN)=[N+](CCCS(=O)(=O)[O-])c2ccc(S(=O)(=O)[O-])cc21. The highest BCUT2D eigenvalue weighted by atomic mass is 32.2. The lowest BCUT2D eigenvalue weighted by Crippen LogP contribution is -2.30. The highest BCUT2D eigenvalue weighted by molar-refractivity contribution is 7.94. The van der Waals surface area contributed by atoms with Crippen LogP contribution in [0.25, 0.3) is 0 Å². The van der Waals surface area contributed by atoms with Gasteiger partial charge in [-0.25, -0.2) is 31.1 Å². The number of unbranched alkanes of at least 4 members (excludes halogenated alkanes) is 2. The molecule has 0 saturated carbocycles. The highest BCUT2D eigenvalue weighted by Gasteiger charge is 2.45. The van der Waals surface area contributed by atoms with E-state index in [0.717, 1.165) is 29.0 Å². The van der Waals surface area contributed by atoms with Crippen LogP contribution in [0.1, 0.15) is 84.3 Å². The molecule has 3 N–H and O–H groups in total. The van der Waals surface area contributed by atoms with Gasteiger partial charge in [0.1, 0.15) is 16.7 Å². The molecule has 58 heavy (non-hydrogen) atoms. The molecule has 21 heteroatoms. The molecule has 1 atom stereocenters. The number of amides is 1. The Hall–Kier alpha value is -3.48. The lowest BCUT2D eigenvalue weighted by atomic mass is 9.77. The topological polar surface area (TPSA) is 274 Å². The molecule has 0 fully saturated rings. The normalized spacial score (nSPS) is 18.6. The van der Waals surface area contributed by atoms with Crippen molar-refractivity contribution < 1.29 is 62.9 Å². The number of hydrogen-bond acceptors (Lipinski definition) is 16. The van der Waals surface area contributed by atoms with E-state index >= 15 is 0 Å². The van der Waals surface area contributed by atoms with E-state index in [4.69, 9.17) is 5.84 Å². The zero-order valence-corrected chi connectivity index (χ0v) is 34.8. The van der Waals surface area contributed by atoms with Gasteiger partial charge in [-0.15, -0.1) is 0 Å². The standard InChI is InChI=1S/C36H48N4O13S4.CH4/c1-35(2)28-25-27(57(49,50)51)16-18-30(28)39(20-10-22-55(43,44)45)32(35)12-6-4-7-13-33-36(3,19-9-5-8-14-34(41)38-37)29-24-26(54-53-52-42)15-17-31(29)40(33)21-11-23-56(46,47)48;/h4,6-7,12-13,15-18,24-25H,5,8-11,14,19-23,37H2,1-3H3,(H4-,38,41,42,43,44,45,46,47,48,49,50,51);1H4/p-3. The van der Waals surface area contributed by atoms with E-state index in [1.54, 1.807) is 41.0 Å². The molecule has 4 rings (SSSR count). The zero-order valence-electron chi connectivity index (χ0n) is 31.5. The summed E-state index contributed by atoms with van der Waals surface area (Å²) >= 11 is 0.719. The Kier molecular flexibility index (Phi) is 17.0. The fourth-order valence-corrected chi connectivity index (χ4v) is 9.22. The van der Waals surface area contributed by atoms with Crippen LogP contribution in [0.5, 0.6) is 0 Å². The zero-order chi connectivity index (χ0) is 42.2. The number of hydrazine groups is 1. The van der Waals surface area contributed by atoms with Crippen molar-refractivity contribution in [2.24, 2.45) is 5.84 Å². The van der Waals surface area contributed by atoms with Crippen molar-refractivity contribution in [1.29, 1.82) is 0 Å². The Labute approximate surface area is 345 Å². The molecule has 322 valence electrons. The number of allylic oxidation sites excluding steroid dienone is 6. The third-order valence-corrected chi connectivity index (χ3v) is 13.0. The Bertz CT molecular complexity index is 2270. The average Bonchev–Trinajstić information content (AvgIpc) is 3.47. The molecule has 0 radical (unpaired) electrons. The first-order valence-corrected chi connectivity index (χ1v) is 23.2. The summed E-state index contributed by atoms with van der Waals surface area (Å²) in [5, 5.41) is 14.1. The number of carbonyl (C=O) groups excluding carboxylic acids is 1. The average molecular weight is 886 g/mol. The molecule has 0 bridgehead atoms. The number of carbonyl (C=O) groups is 1. The molecular formula is C37H49N4O13S4-3. The molecule has 17 nitrogen and oxygen atoms in total. The van der Waals surface area contributed by atoms with Crippen LogP contribution in [-0.2, 0) is 55.4 Å². The number of hydrogen-bond donors (Lipinski definition) is 2. The van der Waals surface area contributed by atoms with Crippen LogP contribution in [0.15, 0.2) is 82.3 Å². The van der Waals surface area contributed by atoms with E-state index in [1.165, 1.54) is 18.2 Å². The summed E-state index contributed by atoms with van der Waals surface area (Å²) in [6.45, 7) is 5.97. The molecule has 0 aliphatic carbocycles. The fourth-order valence-electron chi connectivity index (χ4n) is 7.36. The van der Waals surface area contributed by atoms with Crippen LogP contribution < -0.4 is 21.4 Å². The van der Waals surface area contributed by atoms with Gasteiger partial charge in [-0.05, 0) is 82.0 Å². The van der Waals surface area contributed by atoms with Gasteiger partial charge in [0.25, 0.3) is 0 Å². The number of benzene rings is 2. The van der Waals surface area contributed by atoms with E-state index in [1.807, 2.05) is 37.8 Å². The second-order valence-electron chi connectivity index (χ2n) is 14.3. The molecule has 2 aromatic carbocycles. The van der Waals surface area contributed by atoms with Crippen LogP contribution in [0.4, 0.5) is 11.4 Å². The van der Waals surface area contributed by atoms with Crippen molar-refractivity contribution in [3.63, 3.8) is 0 Å². The minimum atomic E-state index is -4.78. The summed E-state index contributed by atoms with van der Waals surface area (Å²) in [5.74, 6) is 3.74. The maximum atomic E-state index is 11.9. The van der Waals surface area contributed by atoms with Crippen molar-refractivity contribution in [2.75, 3.05) is 29.5 Å². The number of nitrogens with one attached hydrogen (secondary N) is 1. The van der Waals surface area contributed by atoms with Gasteiger partial charge in [0.05, 0.1) is 42.6 Å². The minimum Gasteiger partial charge on any atom is -0.748 e. The number of nitrogens with two attached hydrogens (primary N) is 1. The van der Waals surface area contributed by atoms with Gasteiger partial charge in [-0.1, -0.05) is 38.5 Å². The maximum Gasteiger partial charge on any atom is 0.233 e. The Morgan fingerprint density at radius 3 is 2.22 bits per heavy atom. The molecule has 0 saturated heterocycles. The Balaban J connectivity index is 0.00000900. The van der Waals surface area contributed by atoms with Gasteiger partial charge in [-0.3, -0.25) is 15.3 Å². The van der Waals surface area contributed by atoms with E-state index in [2.05, 4.69) is 14.8 Å². The number of anilines is 1. The van der Waals surface area contributed by atoms with Crippen LogP contribution in [0.2, 0.25) is 0 Å². The summed E-state index contributed by atoms with van der Waals surface area (Å²) in [4.78, 5) is 13.8. The van der Waals surface area contributed by atoms with Gasteiger partial charge in [0, 0.05) is 70.3 Å². The summed E-state index contributed by atoms with van der Waals surface area (Å²) in [5.41, 5.74) is 4.70. The van der Waals surface area contributed by atoms with Gasteiger partial charge < -0.3 is 23.8 Å². The van der Waals surface area contributed by atoms with Gasteiger partial charge in [0.2, 0.25) is 11.6 Å². The third kappa shape index (κ3) is 12.5. The maximum absolute atomic E-state index is 11.9. The number of rotatable bonds is 21. The lowest BCUT2D eigenvalue weighted by Gasteiger charge is -2.30. The molecule has 1 unspecified atom stereocenters. The smallest absolute Gasteiger partial charge is 0.233 e. The van der Waals surface area contributed by atoms with Crippen molar-refractivity contribution >= 4 is 65.4 Å². The first-order valence-electron chi connectivity index (χ1n) is 17.8. The molecule has 2 aliphatic rings. The number of nitrogens with zero attached hydrogens (tertiary/aromatic N) is 2. The summed E-state index contributed by atoms with van der Waals surface area (Å²) < 4.78 is 111. The fraction of sp³-hybridized carbons (Fsp3) is 0.459. The summed E-state index contributed by atoms with van der Waals surface area (Å²) in [7, 11) is -13.8. The van der Waals surface area contributed by atoms with Crippen molar-refractivity contribution in [3.05, 3.63) is 83.6 Å². The van der Waals surface area contributed by atoms with Crippen LogP contribution in [0, 0.1) is 0 Å². The predicted molar refractivity (Wildman–Crippen MR) is 213 cm³/mol. The van der Waals surface area contributed by atoms with Gasteiger partial charge in [-0.2, -0.15) is 8.91 Å². The van der Waals surface area contributed by atoms with E-state index in [9.17, 15) is 49.0 Å². The summed E-state index contributed by atoms with van der Waals surface area (Å²) in [6.07, 6.45) is 11.7. The summed E-state index contributed by atoms with van der Waals surface area (Å²) in [6, 6.07) is 9.33. The second kappa shape index (κ2) is 20.2.